The lowest BCUT2D eigenvalue weighted by molar-refractivity contribution is -0.151. The van der Waals surface area contributed by atoms with Crippen LogP contribution in [0.2, 0.25) is 0 Å². The smallest absolute Gasteiger partial charge is 0.252 e. The Kier molecular flexibility index (Phi) is 2.97. The first-order valence-corrected chi connectivity index (χ1v) is 6.13. The molecule has 2 fully saturated rings. The average molecular weight is 226 g/mol. The van der Waals surface area contributed by atoms with Gasteiger partial charge in [-0.2, -0.15) is 0 Å². The van der Waals surface area contributed by atoms with Crippen molar-refractivity contribution in [1.82, 2.24) is 4.90 Å². The van der Waals surface area contributed by atoms with Crippen molar-refractivity contribution in [1.29, 1.82) is 0 Å². The molecule has 16 heavy (non-hydrogen) atoms. The van der Waals surface area contributed by atoms with Crippen LogP contribution in [-0.2, 0) is 9.53 Å². The van der Waals surface area contributed by atoms with Gasteiger partial charge in [0.05, 0.1) is 5.54 Å². The van der Waals surface area contributed by atoms with Crippen LogP contribution in [0, 0.1) is 11.8 Å². The van der Waals surface area contributed by atoms with E-state index in [1.807, 2.05) is 4.90 Å². The first kappa shape index (κ1) is 11.9. The number of likely N-dealkylation sites (tertiary alicyclic amines) is 1. The molecule has 0 saturated carbocycles. The fraction of sp³-hybridized carbons (Fsp3) is 0.917. The molecule has 0 radical (unpaired) electrons. The molecule has 4 heteroatoms. The molecule has 2 unspecified atom stereocenters. The second-order valence-corrected chi connectivity index (χ2v) is 5.64. The van der Waals surface area contributed by atoms with Gasteiger partial charge < -0.3 is 15.4 Å². The van der Waals surface area contributed by atoms with E-state index in [2.05, 4.69) is 20.8 Å². The van der Waals surface area contributed by atoms with E-state index in [1.165, 1.54) is 0 Å². The Bertz CT molecular complexity index is 285. The fourth-order valence-corrected chi connectivity index (χ4v) is 2.38. The van der Waals surface area contributed by atoms with Crippen molar-refractivity contribution in [2.75, 3.05) is 19.7 Å². The first-order chi connectivity index (χ1) is 7.44. The van der Waals surface area contributed by atoms with E-state index in [9.17, 15) is 4.79 Å². The van der Waals surface area contributed by atoms with Crippen molar-refractivity contribution < 1.29 is 9.53 Å². The number of hydrogen-bond donors (Lipinski definition) is 1. The molecule has 0 aliphatic carbocycles. The lowest BCUT2D eigenvalue weighted by Crippen LogP contribution is -2.72. The van der Waals surface area contributed by atoms with Crippen molar-refractivity contribution >= 4 is 5.91 Å². The third kappa shape index (κ3) is 1.84. The summed E-state index contributed by atoms with van der Waals surface area (Å²) in [5.41, 5.74) is 5.99. The highest BCUT2D eigenvalue weighted by Crippen LogP contribution is 2.30. The van der Waals surface area contributed by atoms with Gasteiger partial charge in [0.15, 0.2) is 0 Å². The zero-order chi connectivity index (χ0) is 11.9. The van der Waals surface area contributed by atoms with Crippen molar-refractivity contribution in [2.45, 2.75) is 38.8 Å². The summed E-state index contributed by atoms with van der Waals surface area (Å²) in [5.74, 6) is 0.893. The molecule has 0 spiro atoms. The average Bonchev–Trinajstić information content (AvgIpc) is 2.58. The quantitative estimate of drug-likeness (QED) is 0.750. The van der Waals surface area contributed by atoms with Crippen LogP contribution in [0.5, 0.6) is 0 Å². The number of hydrogen-bond acceptors (Lipinski definition) is 3. The van der Waals surface area contributed by atoms with E-state index in [0.29, 0.717) is 31.5 Å². The number of amides is 1. The van der Waals surface area contributed by atoms with E-state index < -0.39 is 0 Å². The van der Waals surface area contributed by atoms with Crippen LogP contribution in [0.25, 0.3) is 0 Å². The van der Waals surface area contributed by atoms with Gasteiger partial charge >= 0.3 is 0 Å². The Labute approximate surface area is 97.1 Å². The molecular weight excluding hydrogens is 204 g/mol. The highest BCUT2D eigenvalue weighted by atomic mass is 16.5. The minimum atomic E-state index is -0.225. The van der Waals surface area contributed by atoms with E-state index in [-0.39, 0.29) is 17.6 Å². The molecule has 2 aliphatic rings. The summed E-state index contributed by atoms with van der Waals surface area (Å²) in [7, 11) is 0. The number of nitrogens with two attached hydrogens (primary N) is 1. The van der Waals surface area contributed by atoms with Gasteiger partial charge in [-0.1, -0.05) is 20.8 Å². The molecule has 2 aliphatic heterocycles. The van der Waals surface area contributed by atoms with Gasteiger partial charge in [0, 0.05) is 19.7 Å². The van der Waals surface area contributed by atoms with Gasteiger partial charge in [-0.3, -0.25) is 4.79 Å². The number of carbonyl (C=O) groups is 1. The van der Waals surface area contributed by atoms with Crippen LogP contribution in [0.3, 0.4) is 0 Å². The monoisotopic (exact) mass is 226 g/mol. The van der Waals surface area contributed by atoms with Crippen LogP contribution in [0.4, 0.5) is 0 Å². The first-order valence-electron chi connectivity index (χ1n) is 6.13. The van der Waals surface area contributed by atoms with Gasteiger partial charge in [-0.15, -0.1) is 0 Å². The van der Waals surface area contributed by atoms with E-state index in [1.54, 1.807) is 0 Å². The summed E-state index contributed by atoms with van der Waals surface area (Å²) in [6.07, 6.45) is 0.763. The van der Waals surface area contributed by atoms with Crippen LogP contribution in [0.1, 0.15) is 27.2 Å². The number of ether oxygens (including phenoxy) is 1. The summed E-state index contributed by atoms with van der Waals surface area (Å²) in [4.78, 5) is 13.9. The van der Waals surface area contributed by atoms with Crippen LogP contribution < -0.4 is 5.73 Å². The third-order valence-corrected chi connectivity index (χ3v) is 4.06. The number of carbonyl (C=O) groups excluding carboxylic acids is 1. The van der Waals surface area contributed by atoms with E-state index >= 15 is 0 Å². The second-order valence-electron chi connectivity index (χ2n) is 5.64. The Morgan fingerprint density at radius 2 is 2.12 bits per heavy atom. The van der Waals surface area contributed by atoms with Gasteiger partial charge in [-0.25, -0.2) is 0 Å². The minimum Gasteiger partial charge on any atom is -0.368 e. The lowest BCUT2D eigenvalue weighted by Gasteiger charge is -2.51. The maximum absolute atomic E-state index is 12.1. The molecule has 2 heterocycles. The highest BCUT2D eigenvalue weighted by Gasteiger charge is 2.47. The summed E-state index contributed by atoms with van der Waals surface area (Å²) in [5, 5.41) is 0. The molecule has 0 aromatic rings. The predicted molar refractivity (Wildman–Crippen MR) is 61.9 cm³/mol. The molecule has 1 amide bonds. The summed E-state index contributed by atoms with van der Waals surface area (Å²) in [6.45, 7) is 8.36. The molecule has 92 valence electrons. The Hall–Kier alpha value is -0.610. The zero-order valence-electron chi connectivity index (χ0n) is 10.4. The molecule has 0 bridgehead atoms. The van der Waals surface area contributed by atoms with Gasteiger partial charge in [0.1, 0.15) is 6.10 Å². The van der Waals surface area contributed by atoms with Gasteiger partial charge in [-0.05, 0) is 18.3 Å². The summed E-state index contributed by atoms with van der Waals surface area (Å²) >= 11 is 0. The largest absolute Gasteiger partial charge is 0.368 e. The number of nitrogens with zero attached hydrogens (tertiary/aromatic N) is 1. The molecule has 2 rings (SSSR count). The lowest BCUT2D eigenvalue weighted by atomic mass is 9.80. The Morgan fingerprint density at radius 1 is 1.50 bits per heavy atom. The van der Waals surface area contributed by atoms with E-state index in [4.69, 9.17) is 10.5 Å². The Morgan fingerprint density at radius 3 is 2.56 bits per heavy atom. The normalized spacial score (nSPS) is 32.9. The maximum atomic E-state index is 12.1. The van der Waals surface area contributed by atoms with E-state index in [0.717, 1.165) is 6.42 Å². The Balaban J connectivity index is 1.90. The van der Waals surface area contributed by atoms with Crippen molar-refractivity contribution in [3.63, 3.8) is 0 Å². The topological polar surface area (TPSA) is 55.6 Å². The number of rotatable bonds is 2. The standard InChI is InChI=1S/C12H22N2O2/c1-8(2)12(13)6-14(7-12)11(15)10-9(3)4-5-16-10/h8-10H,4-7,13H2,1-3H3. The predicted octanol–water partition coefficient (Wildman–Crippen LogP) is 0.607. The summed E-state index contributed by atoms with van der Waals surface area (Å²) in [6, 6.07) is 0. The van der Waals surface area contributed by atoms with Crippen LogP contribution >= 0.6 is 0 Å². The fourth-order valence-electron chi connectivity index (χ4n) is 2.38. The molecule has 2 N–H and O–H groups in total. The SMILES string of the molecule is CC1CCOC1C(=O)N1CC(N)(C(C)C)C1. The van der Waals surface area contributed by atoms with Crippen molar-refractivity contribution in [3.05, 3.63) is 0 Å². The molecule has 2 saturated heterocycles. The highest BCUT2D eigenvalue weighted by molar-refractivity contribution is 5.82. The molecule has 2 atom stereocenters. The van der Waals surface area contributed by atoms with Crippen LogP contribution in [0.15, 0.2) is 0 Å². The maximum Gasteiger partial charge on any atom is 0.252 e. The van der Waals surface area contributed by atoms with Crippen molar-refractivity contribution in [3.8, 4) is 0 Å². The van der Waals surface area contributed by atoms with Gasteiger partial charge in [0.2, 0.25) is 0 Å². The summed E-state index contributed by atoms with van der Waals surface area (Å²) < 4.78 is 5.48. The van der Waals surface area contributed by atoms with Gasteiger partial charge in [0.25, 0.3) is 5.91 Å². The second kappa shape index (κ2) is 4.00. The third-order valence-electron chi connectivity index (χ3n) is 4.06. The molecule has 0 aromatic heterocycles. The molecule has 4 nitrogen and oxygen atoms in total. The molecule has 0 aromatic carbocycles. The molecular formula is C12H22N2O2. The van der Waals surface area contributed by atoms with Crippen molar-refractivity contribution in [2.24, 2.45) is 17.6 Å². The minimum absolute atomic E-state index is 0.131. The zero-order valence-corrected chi connectivity index (χ0v) is 10.4. The van der Waals surface area contributed by atoms with Crippen LogP contribution in [-0.4, -0.2) is 42.1 Å².